The number of carbonyl (C=O) groups is 1. The molecule has 0 bridgehead atoms. The number of benzene rings is 2. The van der Waals surface area contributed by atoms with Crippen LogP contribution in [-0.2, 0) is 0 Å². The van der Waals surface area contributed by atoms with E-state index in [-0.39, 0.29) is 18.8 Å². The lowest BCUT2D eigenvalue weighted by atomic mass is 10.1. The highest BCUT2D eigenvalue weighted by atomic mass is 16.7. The first-order valence-electron chi connectivity index (χ1n) is 8.46. The van der Waals surface area contributed by atoms with Gasteiger partial charge in [-0.3, -0.25) is 4.79 Å². The van der Waals surface area contributed by atoms with Crippen molar-refractivity contribution < 1.29 is 19.0 Å². The molecule has 0 atom stereocenters. The monoisotopic (exact) mass is 340 g/mol. The van der Waals surface area contributed by atoms with E-state index in [0.29, 0.717) is 28.4 Å². The van der Waals surface area contributed by atoms with E-state index in [1.165, 1.54) is 12.8 Å². The number of hydrogen-bond acceptors (Lipinski definition) is 5. The van der Waals surface area contributed by atoms with Crippen LogP contribution in [0.1, 0.15) is 36.0 Å². The molecule has 1 saturated carbocycles. The zero-order valence-electron chi connectivity index (χ0n) is 13.8. The molecule has 1 amide bonds. The molecular formula is C19H20N2O4. The van der Waals surface area contributed by atoms with E-state index < -0.39 is 0 Å². The van der Waals surface area contributed by atoms with Crippen LogP contribution >= 0.6 is 0 Å². The van der Waals surface area contributed by atoms with Gasteiger partial charge in [0.2, 0.25) is 6.79 Å². The van der Waals surface area contributed by atoms with Crippen LogP contribution in [0, 0.1) is 0 Å². The van der Waals surface area contributed by atoms with Gasteiger partial charge >= 0.3 is 0 Å². The van der Waals surface area contributed by atoms with Crippen LogP contribution in [0.3, 0.4) is 0 Å². The summed E-state index contributed by atoms with van der Waals surface area (Å²) < 4.78 is 16.6. The molecule has 0 aromatic heterocycles. The lowest BCUT2D eigenvalue weighted by molar-refractivity contribution is 0.102. The standard InChI is InChI=1S/C19H20N2O4/c20-15-9-17-18(24-11-23-17)10-16(15)21-19(22)12-4-3-7-14(8-12)25-13-5-1-2-6-13/h3-4,7-10,13H,1-2,5-6,11,20H2,(H,21,22). The summed E-state index contributed by atoms with van der Waals surface area (Å²) in [5, 5.41) is 2.82. The molecule has 3 N–H and O–H groups in total. The van der Waals surface area contributed by atoms with E-state index >= 15 is 0 Å². The summed E-state index contributed by atoms with van der Waals surface area (Å²) in [5.74, 6) is 1.63. The highest BCUT2D eigenvalue weighted by molar-refractivity contribution is 6.06. The van der Waals surface area contributed by atoms with Gasteiger partial charge in [-0.05, 0) is 43.9 Å². The maximum atomic E-state index is 12.6. The molecule has 2 aliphatic rings. The Bertz CT molecular complexity index is 800. The Labute approximate surface area is 145 Å². The number of ether oxygens (including phenoxy) is 3. The van der Waals surface area contributed by atoms with E-state index in [2.05, 4.69) is 5.32 Å². The molecule has 0 saturated heterocycles. The normalized spacial score (nSPS) is 16.0. The van der Waals surface area contributed by atoms with Crippen LogP contribution in [0.5, 0.6) is 17.2 Å². The van der Waals surface area contributed by atoms with Crippen LogP contribution in [-0.4, -0.2) is 18.8 Å². The van der Waals surface area contributed by atoms with E-state index in [1.807, 2.05) is 12.1 Å². The van der Waals surface area contributed by atoms with Crippen molar-refractivity contribution >= 4 is 17.3 Å². The number of hydrogen-bond donors (Lipinski definition) is 2. The van der Waals surface area contributed by atoms with Crippen molar-refractivity contribution in [2.24, 2.45) is 0 Å². The summed E-state index contributed by atoms with van der Waals surface area (Å²) in [5.41, 5.74) is 7.43. The van der Waals surface area contributed by atoms with Crippen molar-refractivity contribution in [3.05, 3.63) is 42.0 Å². The van der Waals surface area contributed by atoms with Gasteiger partial charge in [0, 0.05) is 17.7 Å². The van der Waals surface area contributed by atoms with Crippen molar-refractivity contribution in [3.8, 4) is 17.2 Å². The Kier molecular flexibility index (Phi) is 4.09. The predicted octanol–water partition coefficient (Wildman–Crippen LogP) is 3.57. The third kappa shape index (κ3) is 3.33. The van der Waals surface area contributed by atoms with E-state index in [0.717, 1.165) is 18.6 Å². The molecule has 4 rings (SSSR count). The quantitative estimate of drug-likeness (QED) is 0.832. The lowest BCUT2D eigenvalue weighted by Gasteiger charge is -2.14. The summed E-state index contributed by atoms with van der Waals surface area (Å²) in [6.07, 6.45) is 4.80. The van der Waals surface area contributed by atoms with Crippen molar-refractivity contribution in [2.45, 2.75) is 31.8 Å². The molecular weight excluding hydrogens is 320 g/mol. The second-order valence-corrected chi connectivity index (χ2v) is 6.30. The van der Waals surface area contributed by atoms with Crippen LogP contribution in [0.15, 0.2) is 36.4 Å². The Morgan fingerprint density at radius 3 is 2.68 bits per heavy atom. The number of rotatable bonds is 4. The zero-order chi connectivity index (χ0) is 17.2. The molecule has 6 nitrogen and oxygen atoms in total. The van der Waals surface area contributed by atoms with Crippen molar-refractivity contribution in [1.29, 1.82) is 0 Å². The summed E-state index contributed by atoms with van der Waals surface area (Å²) in [6, 6.07) is 10.5. The number of fused-ring (bicyclic) bond motifs is 1. The smallest absolute Gasteiger partial charge is 0.255 e. The first-order valence-corrected chi connectivity index (χ1v) is 8.46. The second kappa shape index (κ2) is 6.55. The molecule has 1 aliphatic carbocycles. The van der Waals surface area contributed by atoms with Gasteiger partial charge in [-0.25, -0.2) is 0 Å². The first-order chi connectivity index (χ1) is 12.2. The van der Waals surface area contributed by atoms with Gasteiger partial charge in [-0.2, -0.15) is 0 Å². The number of nitrogens with two attached hydrogens (primary N) is 1. The molecule has 130 valence electrons. The average Bonchev–Trinajstić information content (AvgIpc) is 3.27. The molecule has 1 fully saturated rings. The van der Waals surface area contributed by atoms with Gasteiger partial charge in [0.05, 0.1) is 17.5 Å². The largest absolute Gasteiger partial charge is 0.490 e. The van der Waals surface area contributed by atoms with E-state index in [4.69, 9.17) is 19.9 Å². The van der Waals surface area contributed by atoms with Crippen LogP contribution in [0.2, 0.25) is 0 Å². The highest BCUT2D eigenvalue weighted by Crippen LogP contribution is 2.38. The number of nitrogens with one attached hydrogen (secondary N) is 1. The first kappa shape index (κ1) is 15.6. The highest BCUT2D eigenvalue weighted by Gasteiger charge is 2.19. The number of anilines is 2. The van der Waals surface area contributed by atoms with Gasteiger partial charge < -0.3 is 25.3 Å². The van der Waals surface area contributed by atoms with E-state index in [1.54, 1.807) is 24.3 Å². The summed E-state index contributed by atoms with van der Waals surface area (Å²) >= 11 is 0. The summed E-state index contributed by atoms with van der Waals surface area (Å²) in [4.78, 5) is 12.6. The fourth-order valence-corrected chi connectivity index (χ4v) is 3.17. The van der Waals surface area contributed by atoms with Crippen molar-refractivity contribution in [1.82, 2.24) is 0 Å². The summed E-state index contributed by atoms with van der Waals surface area (Å²) in [7, 11) is 0. The Morgan fingerprint density at radius 2 is 1.88 bits per heavy atom. The third-order valence-corrected chi connectivity index (χ3v) is 4.49. The fraction of sp³-hybridized carbons (Fsp3) is 0.316. The third-order valence-electron chi connectivity index (χ3n) is 4.49. The SMILES string of the molecule is Nc1cc2c(cc1NC(=O)c1cccc(OC3CCCC3)c1)OCO2. The average molecular weight is 340 g/mol. The molecule has 0 spiro atoms. The Hall–Kier alpha value is -2.89. The molecule has 2 aromatic carbocycles. The maximum absolute atomic E-state index is 12.6. The lowest BCUT2D eigenvalue weighted by Crippen LogP contribution is -2.14. The minimum absolute atomic E-state index is 0.159. The van der Waals surface area contributed by atoms with Crippen molar-refractivity contribution in [2.75, 3.05) is 17.8 Å². The zero-order valence-corrected chi connectivity index (χ0v) is 13.8. The molecule has 2 aromatic rings. The molecule has 1 aliphatic heterocycles. The van der Waals surface area contributed by atoms with Gasteiger partial charge in [-0.1, -0.05) is 6.07 Å². The van der Waals surface area contributed by atoms with Gasteiger partial charge in [-0.15, -0.1) is 0 Å². The van der Waals surface area contributed by atoms with Crippen LogP contribution < -0.4 is 25.3 Å². The predicted molar refractivity (Wildman–Crippen MR) is 94.3 cm³/mol. The topological polar surface area (TPSA) is 82.8 Å². The van der Waals surface area contributed by atoms with Gasteiger partial charge in [0.25, 0.3) is 5.91 Å². The number of nitrogen functional groups attached to an aromatic ring is 1. The molecule has 1 heterocycles. The van der Waals surface area contributed by atoms with Crippen LogP contribution in [0.4, 0.5) is 11.4 Å². The molecule has 0 radical (unpaired) electrons. The molecule has 0 unspecified atom stereocenters. The number of amides is 1. The summed E-state index contributed by atoms with van der Waals surface area (Å²) in [6.45, 7) is 0.159. The van der Waals surface area contributed by atoms with E-state index in [9.17, 15) is 4.79 Å². The van der Waals surface area contributed by atoms with Crippen LogP contribution in [0.25, 0.3) is 0 Å². The Balaban J connectivity index is 1.49. The van der Waals surface area contributed by atoms with Gasteiger partial charge in [0.15, 0.2) is 11.5 Å². The number of carbonyl (C=O) groups excluding carboxylic acids is 1. The maximum Gasteiger partial charge on any atom is 0.255 e. The Morgan fingerprint density at radius 1 is 1.12 bits per heavy atom. The van der Waals surface area contributed by atoms with Gasteiger partial charge in [0.1, 0.15) is 5.75 Å². The van der Waals surface area contributed by atoms with Crippen molar-refractivity contribution in [3.63, 3.8) is 0 Å². The molecule has 6 heteroatoms. The minimum atomic E-state index is -0.248. The molecule has 25 heavy (non-hydrogen) atoms. The second-order valence-electron chi connectivity index (χ2n) is 6.30. The fourth-order valence-electron chi connectivity index (χ4n) is 3.17. The minimum Gasteiger partial charge on any atom is -0.490 e.